The van der Waals surface area contributed by atoms with Crippen molar-refractivity contribution in [3.8, 4) is 11.8 Å². The normalized spacial score (nSPS) is 19.3. The van der Waals surface area contributed by atoms with Gasteiger partial charge in [0.05, 0.1) is 11.5 Å². The molecule has 1 aliphatic rings. The van der Waals surface area contributed by atoms with Gasteiger partial charge >= 0.3 is 5.97 Å². The molecule has 1 aliphatic carbocycles. The fourth-order valence-corrected chi connectivity index (χ4v) is 3.92. The van der Waals surface area contributed by atoms with Crippen LogP contribution in [0, 0.1) is 24.2 Å². The lowest BCUT2D eigenvalue weighted by molar-refractivity contribution is -0.140. The van der Waals surface area contributed by atoms with E-state index in [1.165, 1.54) is 17.5 Å². The van der Waals surface area contributed by atoms with E-state index in [-0.39, 0.29) is 11.9 Å². The first-order valence-electron chi connectivity index (χ1n) is 9.92. The molecule has 1 fully saturated rings. The first-order chi connectivity index (χ1) is 13.1. The van der Waals surface area contributed by atoms with E-state index < -0.39 is 0 Å². The van der Waals surface area contributed by atoms with E-state index in [1.54, 1.807) is 12.1 Å². The van der Waals surface area contributed by atoms with Gasteiger partial charge in [-0.3, -0.25) is 4.79 Å². The molecule has 0 amide bonds. The zero-order chi connectivity index (χ0) is 19.2. The third-order valence-electron chi connectivity index (χ3n) is 5.52. The van der Waals surface area contributed by atoms with Crippen LogP contribution in [-0.4, -0.2) is 5.97 Å². The summed E-state index contributed by atoms with van der Waals surface area (Å²) in [4.78, 5) is 12.5. The van der Waals surface area contributed by atoms with Crippen molar-refractivity contribution < 1.29 is 9.53 Å². The van der Waals surface area contributed by atoms with Gasteiger partial charge in [-0.25, -0.2) is 0 Å². The maximum Gasteiger partial charge on any atom is 0.314 e. The average molecular weight is 361 g/mol. The number of rotatable bonds is 5. The lowest BCUT2D eigenvalue weighted by Crippen LogP contribution is -2.25. The van der Waals surface area contributed by atoms with Crippen molar-refractivity contribution in [2.75, 3.05) is 0 Å². The molecule has 0 N–H and O–H groups in total. The molecule has 0 spiro atoms. The van der Waals surface area contributed by atoms with Crippen molar-refractivity contribution in [1.82, 2.24) is 0 Å². The minimum atomic E-state index is -0.202. The molecule has 0 saturated heterocycles. The van der Waals surface area contributed by atoms with Gasteiger partial charge in [-0.15, -0.1) is 0 Å². The molecule has 0 heterocycles. The van der Waals surface area contributed by atoms with Crippen LogP contribution in [0.2, 0.25) is 0 Å². The monoisotopic (exact) mass is 361 g/mol. The molecule has 0 radical (unpaired) electrons. The number of esters is 1. The van der Waals surface area contributed by atoms with Gasteiger partial charge in [-0.1, -0.05) is 43.7 Å². The van der Waals surface area contributed by atoms with E-state index in [2.05, 4.69) is 37.3 Å². The van der Waals surface area contributed by atoms with Gasteiger partial charge < -0.3 is 4.74 Å². The molecule has 0 bridgehead atoms. The van der Waals surface area contributed by atoms with Crippen molar-refractivity contribution in [1.29, 1.82) is 5.26 Å². The van der Waals surface area contributed by atoms with Crippen molar-refractivity contribution in [3.05, 3.63) is 64.7 Å². The predicted octanol–water partition coefficient (Wildman–Crippen LogP) is 5.70. The predicted molar refractivity (Wildman–Crippen MR) is 107 cm³/mol. The molecule has 3 nitrogen and oxygen atoms in total. The fraction of sp³-hybridized carbons (Fsp3) is 0.417. The van der Waals surface area contributed by atoms with Crippen molar-refractivity contribution in [3.63, 3.8) is 0 Å². The maximum atomic E-state index is 12.5. The molecule has 0 atom stereocenters. The SMILES string of the molecule is CCCc1ccc(C2CCC(C(=O)Oc3ccc(C)cc3C#N)CC2)cc1. The van der Waals surface area contributed by atoms with Gasteiger partial charge in [0.25, 0.3) is 0 Å². The molecule has 0 unspecified atom stereocenters. The number of nitrogens with zero attached hydrogens (tertiary/aromatic N) is 1. The van der Waals surface area contributed by atoms with Crippen LogP contribution < -0.4 is 4.74 Å². The summed E-state index contributed by atoms with van der Waals surface area (Å²) in [5.41, 5.74) is 4.18. The van der Waals surface area contributed by atoms with Crippen molar-refractivity contribution in [2.45, 2.75) is 58.3 Å². The van der Waals surface area contributed by atoms with Crippen molar-refractivity contribution >= 4 is 5.97 Å². The second-order valence-electron chi connectivity index (χ2n) is 7.57. The third kappa shape index (κ3) is 4.77. The van der Waals surface area contributed by atoms with E-state index in [0.717, 1.165) is 37.7 Å². The summed E-state index contributed by atoms with van der Waals surface area (Å²) >= 11 is 0. The summed E-state index contributed by atoms with van der Waals surface area (Å²) in [6.07, 6.45) is 5.99. The minimum absolute atomic E-state index is 0.0755. The molecule has 140 valence electrons. The number of ether oxygens (including phenoxy) is 1. The van der Waals surface area contributed by atoms with Gasteiger partial charge in [-0.2, -0.15) is 5.26 Å². The smallest absolute Gasteiger partial charge is 0.314 e. The Bertz CT molecular complexity index is 824. The van der Waals surface area contributed by atoms with Crippen LogP contribution in [0.4, 0.5) is 0 Å². The number of carbonyl (C=O) groups is 1. The highest BCUT2D eigenvalue weighted by atomic mass is 16.5. The molecule has 1 saturated carbocycles. The Hall–Kier alpha value is -2.60. The molecule has 27 heavy (non-hydrogen) atoms. The number of aryl methyl sites for hydroxylation is 2. The Labute approximate surface area is 162 Å². The van der Waals surface area contributed by atoms with E-state index in [9.17, 15) is 10.1 Å². The molecular formula is C24H27NO2. The largest absolute Gasteiger partial charge is 0.425 e. The van der Waals surface area contributed by atoms with Crippen LogP contribution in [0.25, 0.3) is 0 Å². The van der Waals surface area contributed by atoms with E-state index in [1.807, 2.05) is 13.0 Å². The second kappa shape index (κ2) is 8.86. The zero-order valence-corrected chi connectivity index (χ0v) is 16.2. The van der Waals surface area contributed by atoms with Crippen LogP contribution in [0.15, 0.2) is 42.5 Å². The van der Waals surface area contributed by atoms with E-state index in [4.69, 9.17) is 4.74 Å². The van der Waals surface area contributed by atoms with Gasteiger partial charge in [0.15, 0.2) is 0 Å². The number of nitriles is 1. The van der Waals surface area contributed by atoms with Crippen LogP contribution in [0.5, 0.6) is 5.75 Å². The summed E-state index contributed by atoms with van der Waals surface area (Å²) in [5, 5.41) is 9.24. The Morgan fingerprint density at radius 3 is 2.44 bits per heavy atom. The Morgan fingerprint density at radius 2 is 1.81 bits per heavy atom. The lowest BCUT2D eigenvalue weighted by Gasteiger charge is -2.27. The summed E-state index contributed by atoms with van der Waals surface area (Å²) in [5.74, 6) is 0.626. The molecule has 2 aromatic rings. The number of hydrogen-bond donors (Lipinski definition) is 0. The summed E-state index contributed by atoms with van der Waals surface area (Å²) < 4.78 is 5.55. The zero-order valence-electron chi connectivity index (χ0n) is 16.2. The Morgan fingerprint density at radius 1 is 1.11 bits per heavy atom. The Kier molecular flexibility index (Phi) is 6.29. The number of hydrogen-bond acceptors (Lipinski definition) is 3. The van der Waals surface area contributed by atoms with Crippen LogP contribution in [0.3, 0.4) is 0 Å². The lowest BCUT2D eigenvalue weighted by atomic mass is 9.78. The molecule has 2 aromatic carbocycles. The van der Waals surface area contributed by atoms with Crippen LogP contribution >= 0.6 is 0 Å². The third-order valence-corrected chi connectivity index (χ3v) is 5.52. The number of carbonyl (C=O) groups excluding carboxylic acids is 1. The topological polar surface area (TPSA) is 50.1 Å². The standard InChI is InChI=1S/C24H27NO2/c1-3-4-18-6-8-19(9-7-18)20-10-12-21(13-11-20)24(26)27-23-14-5-17(2)15-22(23)16-25/h5-9,14-15,20-21H,3-4,10-13H2,1-2H3. The fourth-order valence-electron chi connectivity index (χ4n) is 3.92. The second-order valence-corrected chi connectivity index (χ2v) is 7.57. The van der Waals surface area contributed by atoms with Crippen LogP contribution in [0.1, 0.15) is 67.2 Å². The highest BCUT2D eigenvalue weighted by Crippen LogP contribution is 2.36. The molecule has 0 aromatic heterocycles. The molecular weight excluding hydrogens is 334 g/mol. The number of benzene rings is 2. The van der Waals surface area contributed by atoms with E-state index in [0.29, 0.717) is 17.2 Å². The van der Waals surface area contributed by atoms with Gasteiger partial charge in [0.1, 0.15) is 11.8 Å². The highest BCUT2D eigenvalue weighted by molar-refractivity contribution is 5.76. The molecule has 0 aliphatic heterocycles. The molecule has 3 heteroatoms. The summed E-state index contributed by atoms with van der Waals surface area (Å²) in [7, 11) is 0. The van der Waals surface area contributed by atoms with Crippen LogP contribution in [-0.2, 0) is 11.2 Å². The average Bonchev–Trinajstić information content (AvgIpc) is 2.70. The maximum absolute atomic E-state index is 12.5. The Balaban J connectivity index is 1.57. The first kappa shape index (κ1) is 19.2. The van der Waals surface area contributed by atoms with Gasteiger partial charge in [0.2, 0.25) is 0 Å². The summed E-state index contributed by atoms with van der Waals surface area (Å²) in [6.45, 7) is 4.12. The summed E-state index contributed by atoms with van der Waals surface area (Å²) in [6, 6.07) is 16.4. The van der Waals surface area contributed by atoms with Crippen molar-refractivity contribution in [2.24, 2.45) is 5.92 Å². The van der Waals surface area contributed by atoms with E-state index >= 15 is 0 Å². The van der Waals surface area contributed by atoms with Gasteiger partial charge in [-0.05, 0) is 73.8 Å². The molecule has 3 rings (SSSR count). The minimum Gasteiger partial charge on any atom is -0.425 e. The van der Waals surface area contributed by atoms with Gasteiger partial charge in [0, 0.05) is 0 Å². The first-order valence-corrected chi connectivity index (χ1v) is 9.92. The highest BCUT2D eigenvalue weighted by Gasteiger charge is 2.28. The quantitative estimate of drug-likeness (QED) is 0.507.